The fourth-order valence-corrected chi connectivity index (χ4v) is 4.05. The molecule has 0 bridgehead atoms. The minimum absolute atomic E-state index is 0.143. The molecule has 0 aliphatic rings. The predicted octanol–water partition coefficient (Wildman–Crippen LogP) is 3.47. The molecular weight excluding hydrogens is 464 g/mol. The van der Waals surface area contributed by atoms with Crippen molar-refractivity contribution in [2.24, 2.45) is 0 Å². The Kier molecular flexibility index (Phi) is 8.19. The zero-order chi connectivity index (χ0) is 24.7. The van der Waals surface area contributed by atoms with Crippen molar-refractivity contribution in [1.82, 2.24) is 9.62 Å². The molecule has 3 rings (SSSR count). The van der Waals surface area contributed by atoms with E-state index in [9.17, 15) is 22.0 Å². The summed E-state index contributed by atoms with van der Waals surface area (Å²) < 4.78 is 59.9. The summed E-state index contributed by atoms with van der Waals surface area (Å²) in [5.74, 6) is -1.06. The molecule has 0 aliphatic heterocycles. The van der Waals surface area contributed by atoms with E-state index in [0.717, 1.165) is 25.8 Å². The van der Waals surface area contributed by atoms with E-state index in [1.54, 1.807) is 36.4 Å². The van der Waals surface area contributed by atoms with Crippen LogP contribution in [-0.4, -0.2) is 39.3 Å². The number of amides is 1. The zero-order valence-corrected chi connectivity index (χ0v) is 19.6. The first-order valence-electron chi connectivity index (χ1n) is 10.3. The molecule has 34 heavy (non-hydrogen) atoms. The van der Waals surface area contributed by atoms with E-state index in [1.807, 2.05) is 0 Å². The molecule has 1 N–H and O–H groups in total. The van der Waals surface area contributed by atoms with Crippen molar-refractivity contribution < 1.29 is 26.7 Å². The number of anilines is 1. The number of benzene rings is 3. The highest BCUT2D eigenvalue weighted by molar-refractivity contribution is 7.90. The lowest BCUT2D eigenvalue weighted by Gasteiger charge is -2.27. The predicted molar refractivity (Wildman–Crippen MR) is 125 cm³/mol. The number of nitrogens with zero attached hydrogens (tertiary/aromatic N) is 2. The molecule has 0 atom stereocenters. The molecule has 0 saturated carbocycles. The zero-order valence-electron chi connectivity index (χ0n) is 18.7. The SMILES string of the molecule is CN(C)S(=O)(=O)N(CC(=O)NCc1ccc(OCc2ccc(F)cc2)cc1)c1ccccc1F. The molecular formula is C24H25F2N3O4S. The summed E-state index contributed by atoms with van der Waals surface area (Å²) in [7, 11) is -1.49. The number of carbonyl (C=O) groups is 1. The van der Waals surface area contributed by atoms with Gasteiger partial charge in [0.2, 0.25) is 5.91 Å². The van der Waals surface area contributed by atoms with Gasteiger partial charge in [0.25, 0.3) is 0 Å². The van der Waals surface area contributed by atoms with Crippen LogP contribution in [0, 0.1) is 11.6 Å². The van der Waals surface area contributed by atoms with E-state index >= 15 is 0 Å². The third-order valence-corrected chi connectivity index (χ3v) is 6.69. The van der Waals surface area contributed by atoms with Crippen molar-refractivity contribution in [2.45, 2.75) is 13.2 Å². The summed E-state index contributed by atoms with van der Waals surface area (Å²) in [6.45, 7) is -0.160. The average molecular weight is 490 g/mol. The number of carbonyl (C=O) groups excluding carboxylic acids is 1. The Hall–Kier alpha value is -3.50. The molecule has 10 heteroatoms. The van der Waals surface area contributed by atoms with E-state index in [1.165, 1.54) is 44.4 Å². The van der Waals surface area contributed by atoms with Crippen LogP contribution >= 0.6 is 0 Å². The second-order valence-electron chi connectivity index (χ2n) is 7.58. The van der Waals surface area contributed by atoms with Gasteiger partial charge >= 0.3 is 10.2 Å². The Morgan fingerprint density at radius 1 is 0.912 bits per heavy atom. The molecule has 0 aliphatic carbocycles. The van der Waals surface area contributed by atoms with Crippen molar-refractivity contribution >= 4 is 21.8 Å². The van der Waals surface area contributed by atoms with Gasteiger partial charge in [0, 0.05) is 20.6 Å². The lowest BCUT2D eigenvalue weighted by atomic mass is 10.2. The van der Waals surface area contributed by atoms with Crippen molar-refractivity contribution in [2.75, 3.05) is 24.9 Å². The molecule has 3 aromatic carbocycles. The van der Waals surface area contributed by atoms with E-state index in [2.05, 4.69) is 5.32 Å². The lowest BCUT2D eigenvalue weighted by molar-refractivity contribution is -0.119. The molecule has 0 spiro atoms. The number of ether oxygens (including phenoxy) is 1. The standard InChI is InChI=1S/C24H25F2N3O4S/c1-28(2)34(31,32)29(23-6-4-3-5-22(23)26)16-24(30)27-15-18-9-13-21(14-10-18)33-17-19-7-11-20(25)12-8-19/h3-14H,15-17H2,1-2H3,(H,27,30). The van der Waals surface area contributed by atoms with Gasteiger partial charge in [-0.05, 0) is 47.5 Å². The first kappa shape index (κ1) is 25.1. The molecule has 0 unspecified atom stereocenters. The molecule has 0 aromatic heterocycles. The average Bonchev–Trinajstić information content (AvgIpc) is 2.82. The van der Waals surface area contributed by atoms with Crippen molar-refractivity contribution in [1.29, 1.82) is 0 Å². The van der Waals surface area contributed by atoms with Crippen LogP contribution in [0.5, 0.6) is 5.75 Å². The maximum absolute atomic E-state index is 14.3. The Labute approximate surface area is 197 Å². The van der Waals surface area contributed by atoms with E-state index < -0.39 is 28.5 Å². The maximum atomic E-state index is 14.3. The summed E-state index contributed by atoms with van der Waals surface area (Å²) in [6, 6.07) is 18.3. The first-order valence-corrected chi connectivity index (χ1v) is 11.7. The minimum atomic E-state index is -4.10. The Morgan fingerprint density at radius 2 is 1.53 bits per heavy atom. The molecule has 3 aromatic rings. The molecule has 180 valence electrons. The lowest BCUT2D eigenvalue weighted by Crippen LogP contribution is -2.46. The number of hydrogen-bond donors (Lipinski definition) is 1. The fraction of sp³-hybridized carbons (Fsp3) is 0.208. The van der Waals surface area contributed by atoms with Crippen LogP contribution < -0.4 is 14.4 Å². The third-order valence-electron chi connectivity index (χ3n) is 4.88. The van der Waals surface area contributed by atoms with Crippen LogP contribution in [0.4, 0.5) is 14.5 Å². The largest absolute Gasteiger partial charge is 0.489 e. The monoisotopic (exact) mass is 489 g/mol. The molecule has 0 fully saturated rings. The van der Waals surface area contributed by atoms with Crippen molar-refractivity contribution in [3.8, 4) is 5.75 Å². The normalized spacial score (nSPS) is 11.3. The van der Waals surface area contributed by atoms with Gasteiger partial charge in [-0.2, -0.15) is 12.7 Å². The molecule has 7 nitrogen and oxygen atoms in total. The number of rotatable bonds is 10. The number of para-hydroxylation sites is 1. The quantitative estimate of drug-likeness (QED) is 0.473. The van der Waals surface area contributed by atoms with Crippen LogP contribution in [0.2, 0.25) is 0 Å². The van der Waals surface area contributed by atoms with Crippen LogP contribution in [0.25, 0.3) is 0 Å². The summed E-state index contributed by atoms with van der Waals surface area (Å²) in [6.07, 6.45) is 0. The highest BCUT2D eigenvalue weighted by Crippen LogP contribution is 2.22. The van der Waals surface area contributed by atoms with Crippen molar-refractivity contribution in [3.05, 3.63) is 95.6 Å². The third kappa shape index (κ3) is 6.52. The topological polar surface area (TPSA) is 79.0 Å². The molecule has 0 heterocycles. The summed E-state index contributed by atoms with van der Waals surface area (Å²) in [4.78, 5) is 12.5. The number of nitrogens with one attached hydrogen (secondary N) is 1. The van der Waals surface area contributed by atoms with Crippen molar-refractivity contribution in [3.63, 3.8) is 0 Å². The minimum Gasteiger partial charge on any atom is -0.489 e. The Morgan fingerprint density at radius 3 is 2.15 bits per heavy atom. The second kappa shape index (κ2) is 11.1. The highest BCUT2D eigenvalue weighted by atomic mass is 32.2. The van der Waals surface area contributed by atoms with Crippen LogP contribution in [0.15, 0.2) is 72.8 Å². The Bertz CT molecular complexity index is 1220. The van der Waals surface area contributed by atoms with Gasteiger partial charge < -0.3 is 10.1 Å². The number of halogens is 2. The van der Waals surface area contributed by atoms with Gasteiger partial charge in [-0.1, -0.05) is 36.4 Å². The fourth-order valence-electron chi connectivity index (χ4n) is 2.98. The summed E-state index contributed by atoms with van der Waals surface area (Å²) in [5, 5.41) is 2.65. The smallest absolute Gasteiger partial charge is 0.304 e. The van der Waals surface area contributed by atoms with Crippen LogP contribution in [0.1, 0.15) is 11.1 Å². The highest BCUT2D eigenvalue weighted by Gasteiger charge is 2.29. The van der Waals surface area contributed by atoms with Gasteiger partial charge in [-0.25, -0.2) is 13.1 Å². The van der Waals surface area contributed by atoms with Gasteiger partial charge in [0.15, 0.2) is 0 Å². The molecule has 0 radical (unpaired) electrons. The maximum Gasteiger partial charge on any atom is 0.304 e. The van der Waals surface area contributed by atoms with E-state index in [-0.39, 0.29) is 24.7 Å². The Balaban J connectivity index is 1.59. The van der Waals surface area contributed by atoms with Crippen LogP contribution in [-0.2, 0) is 28.2 Å². The van der Waals surface area contributed by atoms with Gasteiger partial charge in [-0.15, -0.1) is 0 Å². The van der Waals surface area contributed by atoms with Gasteiger partial charge in [-0.3, -0.25) is 4.79 Å². The van der Waals surface area contributed by atoms with E-state index in [4.69, 9.17) is 4.74 Å². The first-order chi connectivity index (χ1) is 16.2. The summed E-state index contributed by atoms with van der Waals surface area (Å²) in [5.41, 5.74) is 1.37. The number of hydrogen-bond acceptors (Lipinski definition) is 4. The van der Waals surface area contributed by atoms with E-state index in [0.29, 0.717) is 5.75 Å². The second-order valence-corrected chi connectivity index (χ2v) is 9.65. The molecule has 0 saturated heterocycles. The molecule has 1 amide bonds. The van der Waals surface area contributed by atoms with Crippen LogP contribution in [0.3, 0.4) is 0 Å². The van der Waals surface area contributed by atoms with Gasteiger partial charge in [0.1, 0.15) is 30.5 Å². The summed E-state index contributed by atoms with van der Waals surface area (Å²) >= 11 is 0. The van der Waals surface area contributed by atoms with Gasteiger partial charge in [0.05, 0.1) is 5.69 Å².